The van der Waals surface area contributed by atoms with Gasteiger partial charge in [0.2, 0.25) is 0 Å². The highest BCUT2D eigenvalue weighted by atomic mass is 35.5. The Kier molecular flexibility index (Phi) is 6.82. The highest BCUT2D eigenvalue weighted by molar-refractivity contribution is 6.36. The molecule has 32 heavy (non-hydrogen) atoms. The molecule has 8 heteroatoms. The van der Waals surface area contributed by atoms with Gasteiger partial charge in [-0.2, -0.15) is 0 Å². The number of carbonyl (C=O) groups is 1. The number of nitrogens with zero attached hydrogens (tertiary/aromatic N) is 2. The van der Waals surface area contributed by atoms with Crippen molar-refractivity contribution < 1.29 is 13.6 Å². The molecule has 1 fully saturated rings. The molecule has 1 saturated carbocycles. The number of carbonyl (C=O) groups excluding carboxylic acids is 1. The van der Waals surface area contributed by atoms with Gasteiger partial charge < -0.3 is 5.32 Å². The Hall–Kier alpha value is -2.44. The first-order chi connectivity index (χ1) is 15.4. The second kappa shape index (κ2) is 9.59. The number of imidazole rings is 1. The maximum absolute atomic E-state index is 14.8. The third kappa shape index (κ3) is 4.52. The molecule has 1 heterocycles. The number of hydrogen-bond acceptors (Lipinski definition) is 2. The molecule has 1 N–H and O–H groups in total. The summed E-state index contributed by atoms with van der Waals surface area (Å²) in [6.07, 6.45) is 5.52. The van der Waals surface area contributed by atoms with Crippen LogP contribution < -0.4 is 5.32 Å². The summed E-state index contributed by atoms with van der Waals surface area (Å²) in [7, 11) is 0. The standard InChI is InChI=1S/C24H23Cl2F2N3O/c1-2-20-22(24(32)29-16-6-4-3-5-7-16)30-23(17-10-8-14(25)12-18(17)26)31(20)21-13-15(27)9-11-19(21)28/h8-13,16H,2-7H2,1H3,(H,29,32). The summed E-state index contributed by atoms with van der Waals surface area (Å²) in [4.78, 5) is 17.8. The molecule has 1 amide bonds. The fraction of sp³-hybridized carbons (Fsp3) is 0.333. The zero-order valence-electron chi connectivity index (χ0n) is 17.6. The van der Waals surface area contributed by atoms with Gasteiger partial charge >= 0.3 is 0 Å². The van der Waals surface area contributed by atoms with Crippen molar-refractivity contribution in [2.75, 3.05) is 0 Å². The summed E-state index contributed by atoms with van der Waals surface area (Å²) in [5.41, 5.74) is 1.09. The average Bonchev–Trinajstić information content (AvgIpc) is 3.15. The van der Waals surface area contributed by atoms with E-state index in [1.165, 1.54) is 11.0 Å². The predicted molar refractivity (Wildman–Crippen MR) is 123 cm³/mol. The number of aromatic nitrogens is 2. The molecule has 0 atom stereocenters. The minimum absolute atomic E-state index is 0.0351. The molecule has 0 bridgehead atoms. The zero-order chi connectivity index (χ0) is 22.8. The van der Waals surface area contributed by atoms with Crippen LogP contribution in [0.2, 0.25) is 10.0 Å². The van der Waals surface area contributed by atoms with E-state index in [1.807, 2.05) is 6.92 Å². The molecule has 0 spiro atoms. The quantitative estimate of drug-likeness (QED) is 0.441. The molecule has 0 unspecified atom stereocenters. The maximum atomic E-state index is 14.8. The van der Waals surface area contributed by atoms with Gasteiger partial charge in [0.15, 0.2) is 0 Å². The van der Waals surface area contributed by atoms with Crippen LogP contribution in [-0.4, -0.2) is 21.5 Å². The van der Waals surface area contributed by atoms with Gasteiger partial charge in [-0.25, -0.2) is 13.8 Å². The van der Waals surface area contributed by atoms with Crippen molar-refractivity contribution >= 4 is 29.1 Å². The van der Waals surface area contributed by atoms with E-state index in [9.17, 15) is 13.6 Å². The van der Waals surface area contributed by atoms with E-state index >= 15 is 0 Å². The predicted octanol–water partition coefficient (Wildman–Crippen LogP) is 6.75. The second-order valence-electron chi connectivity index (χ2n) is 7.95. The largest absolute Gasteiger partial charge is 0.348 e. The lowest BCUT2D eigenvalue weighted by Crippen LogP contribution is -2.36. The SMILES string of the molecule is CCc1c(C(=O)NC2CCCCC2)nc(-c2ccc(Cl)cc2Cl)n1-c1cc(F)ccc1F. The number of rotatable bonds is 5. The van der Waals surface area contributed by atoms with Gasteiger partial charge in [0.25, 0.3) is 5.91 Å². The smallest absolute Gasteiger partial charge is 0.272 e. The van der Waals surface area contributed by atoms with E-state index < -0.39 is 11.6 Å². The van der Waals surface area contributed by atoms with Crippen molar-refractivity contribution in [3.63, 3.8) is 0 Å². The van der Waals surface area contributed by atoms with E-state index in [4.69, 9.17) is 23.2 Å². The molecular formula is C24H23Cl2F2N3O. The van der Waals surface area contributed by atoms with Crippen LogP contribution in [0.5, 0.6) is 0 Å². The molecule has 0 saturated heterocycles. The summed E-state index contributed by atoms with van der Waals surface area (Å²) in [5, 5.41) is 3.79. The normalized spacial score (nSPS) is 14.5. The Balaban J connectivity index is 1.89. The lowest BCUT2D eigenvalue weighted by molar-refractivity contribution is 0.0922. The Morgan fingerprint density at radius 3 is 2.56 bits per heavy atom. The first kappa shape index (κ1) is 22.7. The summed E-state index contributed by atoms with van der Waals surface area (Å²) in [6, 6.07) is 8.12. The molecule has 1 aliphatic carbocycles. The van der Waals surface area contributed by atoms with E-state index in [-0.39, 0.29) is 29.2 Å². The van der Waals surface area contributed by atoms with Crippen molar-refractivity contribution in [2.24, 2.45) is 0 Å². The molecule has 0 aliphatic heterocycles. The van der Waals surface area contributed by atoms with Gasteiger partial charge in [0.1, 0.15) is 23.2 Å². The molecule has 168 valence electrons. The minimum atomic E-state index is -0.635. The topological polar surface area (TPSA) is 46.9 Å². The van der Waals surface area contributed by atoms with Crippen molar-refractivity contribution in [2.45, 2.75) is 51.5 Å². The van der Waals surface area contributed by atoms with Gasteiger partial charge in [-0.05, 0) is 49.6 Å². The fourth-order valence-corrected chi connectivity index (χ4v) is 4.72. The monoisotopic (exact) mass is 477 g/mol. The Morgan fingerprint density at radius 1 is 1.12 bits per heavy atom. The van der Waals surface area contributed by atoms with Gasteiger partial charge in [-0.1, -0.05) is 49.4 Å². The van der Waals surface area contributed by atoms with Crippen molar-refractivity contribution in [1.29, 1.82) is 0 Å². The Labute approximate surface area is 195 Å². The molecule has 4 nitrogen and oxygen atoms in total. The summed E-state index contributed by atoms with van der Waals surface area (Å²) in [6.45, 7) is 1.84. The molecule has 1 aliphatic rings. The van der Waals surface area contributed by atoms with Crippen LogP contribution in [-0.2, 0) is 6.42 Å². The zero-order valence-corrected chi connectivity index (χ0v) is 19.1. The molecule has 1 aromatic heterocycles. The lowest BCUT2D eigenvalue weighted by atomic mass is 9.95. The number of nitrogens with one attached hydrogen (secondary N) is 1. The van der Waals surface area contributed by atoms with E-state index in [0.29, 0.717) is 27.7 Å². The van der Waals surface area contributed by atoms with Crippen LogP contribution in [0, 0.1) is 11.6 Å². The number of amides is 1. The minimum Gasteiger partial charge on any atom is -0.348 e. The van der Waals surface area contributed by atoms with Crippen LogP contribution in [0.25, 0.3) is 17.1 Å². The molecule has 2 aromatic carbocycles. The van der Waals surface area contributed by atoms with E-state index in [1.54, 1.807) is 18.2 Å². The van der Waals surface area contributed by atoms with Crippen LogP contribution in [0.4, 0.5) is 8.78 Å². The van der Waals surface area contributed by atoms with Gasteiger partial charge in [-0.15, -0.1) is 0 Å². The highest BCUT2D eigenvalue weighted by Crippen LogP contribution is 2.34. The molecule has 4 rings (SSSR count). The first-order valence-electron chi connectivity index (χ1n) is 10.7. The molecular weight excluding hydrogens is 455 g/mol. The van der Waals surface area contributed by atoms with Crippen molar-refractivity contribution in [1.82, 2.24) is 14.9 Å². The van der Waals surface area contributed by atoms with Gasteiger partial charge in [0, 0.05) is 22.7 Å². The maximum Gasteiger partial charge on any atom is 0.272 e. The van der Waals surface area contributed by atoms with Gasteiger partial charge in [-0.3, -0.25) is 9.36 Å². The third-order valence-electron chi connectivity index (χ3n) is 5.78. The summed E-state index contributed by atoms with van der Waals surface area (Å²) in [5.74, 6) is -1.31. The summed E-state index contributed by atoms with van der Waals surface area (Å²) < 4.78 is 30.4. The number of halogens is 4. The fourth-order valence-electron chi connectivity index (χ4n) is 4.23. The second-order valence-corrected chi connectivity index (χ2v) is 8.79. The number of hydrogen-bond donors (Lipinski definition) is 1. The molecule has 0 radical (unpaired) electrons. The van der Waals surface area contributed by atoms with Crippen molar-refractivity contribution in [3.05, 3.63) is 69.5 Å². The Bertz CT molecular complexity index is 1160. The number of benzene rings is 2. The third-order valence-corrected chi connectivity index (χ3v) is 6.33. The average molecular weight is 478 g/mol. The first-order valence-corrected chi connectivity index (χ1v) is 11.5. The van der Waals surface area contributed by atoms with E-state index in [2.05, 4.69) is 10.3 Å². The van der Waals surface area contributed by atoms with Crippen LogP contribution in [0.1, 0.15) is 55.2 Å². The van der Waals surface area contributed by atoms with Gasteiger partial charge in [0.05, 0.1) is 16.4 Å². The van der Waals surface area contributed by atoms with Crippen molar-refractivity contribution in [3.8, 4) is 17.1 Å². The summed E-state index contributed by atoms with van der Waals surface area (Å²) >= 11 is 12.5. The highest BCUT2D eigenvalue weighted by Gasteiger charge is 2.27. The van der Waals surface area contributed by atoms with E-state index in [0.717, 1.165) is 43.9 Å². The molecule has 3 aromatic rings. The van der Waals surface area contributed by atoms with Crippen LogP contribution >= 0.6 is 23.2 Å². The lowest BCUT2D eigenvalue weighted by Gasteiger charge is -2.22. The van der Waals surface area contributed by atoms with Crippen LogP contribution in [0.3, 0.4) is 0 Å². The Morgan fingerprint density at radius 2 is 1.88 bits per heavy atom. The van der Waals surface area contributed by atoms with Crippen LogP contribution in [0.15, 0.2) is 36.4 Å².